The van der Waals surface area contributed by atoms with Crippen LogP contribution in [0.3, 0.4) is 0 Å². The van der Waals surface area contributed by atoms with Gasteiger partial charge in [0.15, 0.2) is 0 Å². The summed E-state index contributed by atoms with van der Waals surface area (Å²) < 4.78 is 52.9. The molecule has 10 heteroatoms. The number of amides is 1. The van der Waals surface area contributed by atoms with Gasteiger partial charge in [-0.25, -0.2) is 16.8 Å². The third-order valence-corrected chi connectivity index (χ3v) is 8.53. The molecule has 174 valence electrons. The third-order valence-electron chi connectivity index (χ3n) is 5.37. The smallest absolute Gasteiger partial charge is 0.247 e. The lowest BCUT2D eigenvalue weighted by atomic mass is 10.1. The summed E-state index contributed by atoms with van der Waals surface area (Å²) in [6, 6.07) is 10.3. The van der Waals surface area contributed by atoms with E-state index in [4.69, 9.17) is 0 Å². The molecule has 0 aromatic heterocycles. The van der Waals surface area contributed by atoms with Crippen LogP contribution in [-0.4, -0.2) is 52.4 Å². The number of carbonyl (C=O) groups excluding carboxylic acids is 1. The Labute approximate surface area is 190 Å². The van der Waals surface area contributed by atoms with Crippen LogP contribution in [0, 0.1) is 13.8 Å². The van der Waals surface area contributed by atoms with Gasteiger partial charge in [0.25, 0.3) is 0 Å². The van der Waals surface area contributed by atoms with Crippen molar-refractivity contribution in [2.45, 2.75) is 44.6 Å². The van der Waals surface area contributed by atoms with E-state index in [2.05, 4.69) is 5.32 Å². The molecule has 1 amide bonds. The van der Waals surface area contributed by atoms with E-state index in [9.17, 15) is 21.6 Å². The lowest BCUT2D eigenvalue weighted by Gasteiger charge is -2.28. The average molecular weight is 480 g/mol. The van der Waals surface area contributed by atoms with Gasteiger partial charge in [0.1, 0.15) is 6.04 Å². The van der Waals surface area contributed by atoms with Crippen LogP contribution >= 0.6 is 0 Å². The number of nitrogens with zero attached hydrogens (tertiary/aromatic N) is 2. The van der Waals surface area contributed by atoms with Crippen molar-refractivity contribution in [3.8, 4) is 0 Å². The Bertz CT molecular complexity index is 1180. The van der Waals surface area contributed by atoms with E-state index in [-0.39, 0.29) is 4.90 Å². The monoisotopic (exact) mass is 479 g/mol. The second-order valence-electron chi connectivity index (χ2n) is 8.21. The quantitative estimate of drug-likeness (QED) is 0.658. The number of hydrogen-bond acceptors (Lipinski definition) is 5. The normalized spacial score (nSPS) is 16.0. The maximum Gasteiger partial charge on any atom is 0.247 e. The summed E-state index contributed by atoms with van der Waals surface area (Å²) in [5.74, 6) is -0.523. The summed E-state index contributed by atoms with van der Waals surface area (Å²) in [4.78, 5) is 13.1. The van der Waals surface area contributed by atoms with Gasteiger partial charge >= 0.3 is 0 Å². The van der Waals surface area contributed by atoms with E-state index >= 15 is 0 Å². The number of aryl methyl sites for hydroxylation is 2. The summed E-state index contributed by atoms with van der Waals surface area (Å²) in [5, 5.41) is 2.69. The number of nitrogens with one attached hydrogen (secondary N) is 1. The van der Waals surface area contributed by atoms with Gasteiger partial charge in [-0.15, -0.1) is 0 Å². The van der Waals surface area contributed by atoms with Gasteiger partial charge in [0.05, 0.1) is 16.8 Å². The number of sulfonamides is 2. The van der Waals surface area contributed by atoms with Gasteiger partial charge in [0.2, 0.25) is 26.0 Å². The van der Waals surface area contributed by atoms with Gasteiger partial charge in [0, 0.05) is 18.8 Å². The summed E-state index contributed by atoms with van der Waals surface area (Å²) >= 11 is 0. The third kappa shape index (κ3) is 5.31. The largest absolute Gasteiger partial charge is 0.324 e. The van der Waals surface area contributed by atoms with Gasteiger partial charge in [-0.2, -0.15) is 4.31 Å². The zero-order valence-electron chi connectivity index (χ0n) is 18.7. The molecule has 2 aromatic carbocycles. The number of anilines is 2. The van der Waals surface area contributed by atoms with Crippen molar-refractivity contribution in [2.75, 3.05) is 29.0 Å². The molecule has 2 aromatic rings. The lowest BCUT2D eigenvalue weighted by Crippen LogP contribution is -2.45. The Morgan fingerprint density at radius 2 is 1.50 bits per heavy atom. The molecular formula is C22H29N3O5S2. The van der Waals surface area contributed by atoms with E-state index in [0.29, 0.717) is 24.5 Å². The molecule has 1 fully saturated rings. The molecule has 32 heavy (non-hydrogen) atoms. The average Bonchev–Trinajstić information content (AvgIpc) is 3.22. The molecule has 0 aliphatic carbocycles. The highest BCUT2D eigenvalue weighted by Crippen LogP contribution is 2.25. The minimum Gasteiger partial charge on any atom is -0.324 e. The number of hydrogen-bond donors (Lipinski definition) is 1. The van der Waals surface area contributed by atoms with Gasteiger partial charge in [-0.1, -0.05) is 6.07 Å². The second kappa shape index (κ2) is 9.21. The first-order valence-electron chi connectivity index (χ1n) is 10.4. The van der Waals surface area contributed by atoms with Crippen molar-refractivity contribution in [3.63, 3.8) is 0 Å². The summed E-state index contributed by atoms with van der Waals surface area (Å²) in [6.45, 7) is 6.26. The molecule has 1 aliphatic rings. The van der Waals surface area contributed by atoms with Crippen LogP contribution in [-0.2, 0) is 24.8 Å². The number of carbonyl (C=O) groups is 1. The van der Waals surface area contributed by atoms with Crippen molar-refractivity contribution in [1.82, 2.24) is 4.31 Å². The summed E-state index contributed by atoms with van der Waals surface area (Å²) in [5.41, 5.74) is 2.57. The molecule has 3 rings (SSSR count). The van der Waals surface area contributed by atoms with E-state index in [1.807, 2.05) is 19.9 Å². The van der Waals surface area contributed by atoms with Gasteiger partial charge in [-0.05, 0) is 81.1 Å². The van der Waals surface area contributed by atoms with Crippen LogP contribution in [0.4, 0.5) is 11.4 Å². The summed E-state index contributed by atoms with van der Waals surface area (Å²) in [6.07, 6.45) is 2.76. The highest BCUT2D eigenvalue weighted by molar-refractivity contribution is 7.92. The van der Waals surface area contributed by atoms with E-state index in [1.54, 1.807) is 12.1 Å². The van der Waals surface area contributed by atoms with E-state index in [1.165, 1.54) is 35.5 Å². The Hall–Kier alpha value is -2.43. The number of rotatable bonds is 7. The molecule has 1 saturated heterocycles. The van der Waals surface area contributed by atoms with Crippen LogP contribution in [0.1, 0.15) is 30.9 Å². The minimum absolute atomic E-state index is 0.165. The van der Waals surface area contributed by atoms with Crippen molar-refractivity contribution < 1.29 is 21.6 Å². The van der Waals surface area contributed by atoms with Crippen molar-refractivity contribution in [2.24, 2.45) is 0 Å². The van der Waals surface area contributed by atoms with Gasteiger partial charge < -0.3 is 5.32 Å². The maximum absolute atomic E-state index is 12.9. The molecule has 0 unspecified atom stereocenters. The molecule has 0 spiro atoms. The first-order chi connectivity index (χ1) is 14.9. The van der Waals surface area contributed by atoms with E-state index < -0.39 is 32.0 Å². The van der Waals surface area contributed by atoms with Crippen molar-refractivity contribution >= 4 is 37.3 Å². The molecule has 8 nitrogen and oxygen atoms in total. The fourth-order valence-corrected chi connectivity index (χ4v) is 6.60. The first-order valence-corrected chi connectivity index (χ1v) is 13.7. The fourth-order valence-electron chi connectivity index (χ4n) is 3.92. The van der Waals surface area contributed by atoms with Gasteiger partial charge in [-0.3, -0.25) is 9.10 Å². The Morgan fingerprint density at radius 3 is 2.00 bits per heavy atom. The SMILES string of the molecule is Cc1cc(C)cc(N([C@H](C)C(=O)Nc2ccc(S(=O)(=O)N3CCCC3)cc2)S(C)(=O)=O)c1. The predicted octanol–water partition coefficient (Wildman–Crippen LogP) is 2.88. The molecule has 1 heterocycles. The molecule has 0 bridgehead atoms. The molecule has 1 aliphatic heterocycles. The predicted molar refractivity (Wildman–Crippen MR) is 126 cm³/mol. The van der Waals surface area contributed by atoms with Crippen LogP contribution in [0.2, 0.25) is 0 Å². The molecule has 1 N–H and O–H groups in total. The van der Waals surface area contributed by atoms with E-state index in [0.717, 1.165) is 34.5 Å². The fraction of sp³-hybridized carbons (Fsp3) is 0.409. The Morgan fingerprint density at radius 1 is 0.969 bits per heavy atom. The minimum atomic E-state index is -3.74. The van der Waals surface area contributed by atoms with Crippen LogP contribution in [0.25, 0.3) is 0 Å². The van der Waals surface area contributed by atoms with Crippen molar-refractivity contribution in [1.29, 1.82) is 0 Å². The zero-order valence-corrected chi connectivity index (χ0v) is 20.3. The molecule has 0 radical (unpaired) electrons. The number of benzene rings is 2. The van der Waals surface area contributed by atoms with Crippen LogP contribution in [0.5, 0.6) is 0 Å². The lowest BCUT2D eigenvalue weighted by molar-refractivity contribution is -0.116. The highest BCUT2D eigenvalue weighted by atomic mass is 32.2. The molecule has 1 atom stereocenters. The zero-order chi connectivity index (χ0) is 23.7. The second-order valence-corrected chi connectivity index (χ2v) is 12.0. The Kier molecular flexibility index (Phi) is 6.97. The maximum atomic E-state index is 12.9. The topological polar surface area (TPSA) is 104 Å². The molecular weight excluding hydrogens is 450 g/mol. The summed E-state index contributed by atoms with van der Waals surface area (Å²) in [7, 11) is -7.28. The van der Waals surface area contributed by atoms with Crippen LogP contribution < -0.4 is 9.62 Å². The van der Waals surface area contributed by atoms with Crippen LogP contribution in [0.15, 0.2) is 47.4 Å². The standard InChI is InChI=1S/C22H29N3O5S2/c1-16-13-17(2)15-20(14-16)25(31(4,27)28)18(3)22(26)23-19-7-9-21(10-8-19)32(29,30)24-11-5-6-12-24/h7-10,13-15,18H,5-6,11-12H2,1-4H3,(H,23,26)/t18-/m1/s1. The first kappa shape index (κ1) is 24.2. The highest BCUT2D eigenvalue weighted by Gasteiger charge is 2.30. The Balaban J connectivity index is 1.80. The van der Waals surface area contributed by atoms with Crippen molar-refractivity contribution in [3.05, 3.63) is 53.6 Å². The molecule has 0 saturated carbocycles.